The fraction of sp³-hybridized carbons (Fsp3) is 0.276. The van der Waals surface area contributed by atoms with Gasteiger partial charge in [0.1, 0.15) is 12.6 Å². The number of fused-ring (bicyclic) bond motifs is 3. The van der Waals surface area contributed by atoms with Crippen molar-refractivity contribution in [1.82, 2.24) is 10.8 Å². The van der Waals surface area contributed by atoms with Gasteiger partial charge in [-0.1, -0.05) is 62.4 Å². The Hall–Kier alpha value is -3.44. The van der Waals surface area contributed by atoms with Crippen molar-refractivity contribution in [2.75, 3.05) is 13.2 Å². The van der Waals surface area contributed by atoms with Crippen LogP contribution in [0, 0.1) is 9.49 Å². The van der Waals surface area contributed by atoms with E-state index in [2.05, 4.69) is 57.7 Å². The number of carbonyl (C=O) groups is 3. The molecule has 38 heavy (non-hydrogen) atoms. The second kappa shape index (κ2) is 13.9. The minimum atomic E-state index is -0.878. The number of carboxylic acids is 1. The van der Waals surface area contributed by atoms with Gasteiger partial charge in [-0.15, -0.1) is 0 Å². The van der Waals surface area contributed by atoms with E-state index in [0.29, 0.717) is 12.2 Å². The summed E-state index contributed by atoms with van der Waals surface area (Å²) in [6.07, 6.45) is -0.618. The van der Waals surface area contributed by atoms with Gasteiger partial charge in [0.05, 0.1) is 12.2 Å². The highest BCUT2D eigenvalue weighted by Gasteiger charge is 2.30. The predicted molar refractivity (Wildman–Crippen MR) is 153 cm³/mol. The molecule has 3 N–H and O–H groups in total. The molecule has 3 aromatic rings. The Bertz CT molecular complexity index is 1220. The van der Waals surface area contributed by atoms with Gasteiger partial charge in [-0.3, -0.25) is 9.63 Å². The van der Waals surface area contributed by atoms with E-state index < -0.39 is 24.0 Å². The molecule has 200 valence electrons. The number of ether oxygens (including phenoxy) is 1. The van der Waals surface area contributed by atoms with E-state index in [1.54, 1.807) is 31.2 Å². The van der Waals surface area contributed by atoms with Crippen molar-refractivity contribution in [3.05, 3.63) is 93.1 Å². The molecular weight excluding hydrogens is 599 g/mol. The molecule has 1 atom stereocenters. The van der Waals surface area contributed by atoms with E-state index in [4.69, 9.17) is 14.7 Å². The van der Waals surface area contributed by atoms with E-state index >= 15 is 0 Å². The van der Waals surface area contributed by atoms with Gasteiger partial charge in [0.25, 0.3) is 5.91 Å². The van der Waals surface area contributed by atoms with Crippen LogP contribution in [0.4, 0.5) is 4.79 Å². The number of alkyl carbamates (subject to hydrolysis) is 1. The topological polar surface area (TPSA) is 114 Å². The molecule has 0 saturated carbocycles. The maximum Gasteiger partial charge on any atom is 0.407 e. The van der Waals surface area contributed by atoms with Crippen molar-refractivity contribution in [3.63, 3.8) is 0 Å². The zero-order valence-corrected chi connectivity index (χ0v) is 23.6. The lowest BCUT2D eigenvalue weighted by molar-refractivity contribution is -0.136. The molecule has 9 heteroatoms. The van der Waals surface area contributed by atoms with Crippen LogP contribution >= 0.6 is 22.6 Å². The molecule has 3 aromatic carbocycles. The fourth-order valence-electron chi connectivity index (χ4n) is 4.10. The van der Waals surface area contributed by atoms with Crippen molar-refractivity contribution in [2.24, 2.45) is 5.92 Å². The maximum absolute atomic E-state index is 12.4. The van der Waals surface area contributed by atoms with Crippen molar-refractivity contribution in [3.8, 4) is 11.1 Å². The number of hydrogen-bond donors (Lipinski definition) is 3. The Morgan fingerprint density at radius 1 is 0.921 bits per heavy atom. The van der Waals surface area contributed by atoms with Crippen LogP contribution in [0.2, 0.25) is 0 Å². The highest BCUT2D eigenvalue weighted by molar-refractivity contribution is 14.1. The summed E-state index contributed by atoms with van der Waals surface area (Å²) in [5, 5.41) is 11.1. The van der Waals surface area contributed by atoms with Gasteiger partial charge in [-0.2, -0.15) is 0 Å². The Morgan fingerprint density at radius 3 is 1.97 bits per heavy atom. The number of aromatic carboxylic acids is 1. The van der Waals surface area contributed by atoms with Crippen molar-refractivity contribution < 1.29 is 29.1 Å². The standard InChI is InChI=1S/C22H26N2O4.C7H5IO2/c1-4-28-24-21(25)20(14(2)3)23-22(26)27-13-19-17-11-7-5-9-15(17)16-10-6-8-12-18(16)19;8-6-3-1-5(2-4-6)7(9)10/h5-12,14,19-20H,4,13H2,1-3H3,(H,23,26)(H,24,25);1-4H,(H,9,10)/t20-;/m0./s1. The first-order chi connectivity index (χ1) is 18.2. The molecule has 0 fully saturated rings. The summed E-state index contributed by atoms with van der Waals surface area (Å²) < 4.78 is 6.55. The zero-order valence-electron chi connectivity index (χ0n) is 21.4. The summed E-state index contributed by atoms with van der Waals surface area (Å²) in [5.74, 6) is -1.41. The summed E-state index contributed by atoms with van der Waals surface area (Å²) in [6, 6.07) is 22.3. The Labute approximate surface area is 235 Å². The largest absolute Gasteiger partial charge is 0.478 e. The van der Waals surface area contributed by atoms with E-state index in [1.807, 2.05) is 38.1 Å². The monoisotopic (exact) mass is 630 g/mol. The molecule has 0 aromatic heterocycles. The lowest BCUT2D eigenvalue weighted by Crippen LogP contribution is -2.49. The van der Waals surface area contributed by atoms with Gasteiger partial charge >= 0.3 is 12.1 Å². The molecule has 0 aliphatic heterocycles. The Kier molecular flexibility index (Phi) is 10.7. The van der Waals surface area contributed by atoms with Crippen LogP contribution in [0.3, 0.4) is 0 Å². The third-order valence-electron chi connectivity index (χ3n) is 5.97. The number of hydrogen-bond acceptors (Lipinski definition) is 5. The fourth-order valence-corrected chi connectivity index (χ4v) is 4.46. The maximum atomic E-state index is 12.4. The van der Waals surface area contributed by atoms with Gasteiger partial charge in [0, 0.05) is 9.49 Å². The third kappa shape index (κ3) is 7.55. The molecule has 0 heterocycles. The lowest BCUT2D eigenvalue weighted by Gasteiger charge is -2.22. The summed E-state index contributed by atoms with van der Waals surface area (Å²) >= 11 is 2.13. The van der Waals surface area contributed by atoms with Crippen LogP contribution < -0.4 is 10.8 Å². The smallest absolute Gasteiger partial charge is 0.407 e. The average Bonchev–Trinajstić information content (AvgIpc) is 3.23. The van der Waals surface area contributed by atoms with Crippen molar-refractivity contribution in [1.29, 1.82) is 0 Å². The number of carbonyl (C=O) groups excluding carboxylic acids is 2. The van der Waals surface area contributed by atoms with Gasteiger partial charge in [-0.05, 0) is 82.0 Å². The van der Waals surface area contributed by atoms with Gasteiger partial charge in [-0.25, -0.2) is 15.1 Å². The second-order valence-electron chi connectivity index (χ2n) is 8.90. The lowest BCUT2D eigenvalue weighted by atomic mass is 9.98. The number of nitrogens with one attached hydrogen (secondary N) is 2. The number of carboxylic acid groups (broad SMARTS) is 1. The molecule has 8 nitrogen and oxygen atoms in total. The minimum absolute atomic E-state index is 0.0205. The van der Waals surface area contributed by atoms with Crippen LogP contribution in [-0.4, -0.2) is 42.3 Å². The normalized spacial score (nSPS) is 12.4. The van der Waals surface area contributed by atoms with E-state index in [9.17, 15) is 14.4 Å². The Balaban J connectivity index is 0.000000336. The molecular formula is C29H31IN2O6. The minimum Gasteiger partial charge on any atom is -0.478 e. The first kappa shape index (κ1) is 29.1. The molecule has 0 bridgehead atoms. The number of benzene rings is 3. The van der Waals surface area contributed by atoms with Crippen molar-refractivity contribution >= 4 is 40.6 Å². The van der Waals surface area contributed by atoms with Crippen molar-refractivity contribution in [2.45, 2.75) is 32.7 Å². The quantitative estimate of drug-likeness (QED) is 0.221. The van der Waals surface area contributed by atoms with Crippen LogP contribution in [0.5, 0.6) is 0 Å². The van der Waals surface area contributed by atoms with E-state index in [1.165, 1.54) is 11.1 Å². The molecule has 0 saturated heterocycles. The molecule has 1 aliphatic rings. The van der Waals surface area contributed by atoms with Crippen LogP contribution in [0.15, 0.2) is 72.8 Å². The number of hydroxylamine groups is 1. The molecule has 1 aliphatic carbocycles. The van der Waals surface area contributed by atoms with Gasteiger partial charge in [0.15, 0.2) is 0 Å². The molecule has 2 amide bonds. The van der Waals surface area contributed by atoms with E-state index in [-0.39, 0.29) is 18.4 Å². The van der Waals surface area contributed by atoms with Crippen LogP contribution in [0.25, 0.3) is 11.1 Å². The highest BCUT2D eigenvalue weighted by Crippen LogP contribution is 2.44. The first-order valence-electron chi connectivity index (χ1n) is 12.2. The summed E-state index contributed by atoms with van der Waals surface area (Å²) in [5.41, 5.74) is 7.30. The first-order valence-corrected chi connectivity index (χ1v) is 13.3. The van der Waals surface area contributed by atoms with E-state index in [0.717, 1.165) is 14.7 Å². The highest BCUT2D eigenvalue weighted by atomic mass is 127. The molecule has 4 rings (SSSR count). The summed E-state index contributed by atoms with van der Waals surface area (Å²) in [7, 11) is 0. The number of amides is 2. The summed E-state index contributed by atoms with van der Waals surface area (Å²) in [6.45, 7) is 6.02. The molecule has 0 unspecified atom stereocenters. The van der Waals surface area contributed by atoms with Crippen LogP contribution in [0.1, 0.15) is 48.2 Å². The average molecular weight is 630 g/mol. The van der Waals surface area contributed by atoms with Gasteiger partial charge < -0.3 is 15.2 Å². The van der Waals surface area contributed by atoms with Crippen LogP contribution in [-0.2, 0) is 14.4 Å². The SMILES string of the molecule is CCONC(=O)[C@@H](NC(=O)OCC1c2ccccc2-c2ccccc21)C(C)C.O=C(O)c1ccc(I)cc1. The number of rotatable bonds is 8. The predicted octanol–water partition coefficient (Wildman–Crippen LogP) is 5.61. The van der Waals surface area contributed by atoms with Gasteiger partial charge in [0.2, 0.25) is 0 Å². The zero-order chi connectivity index (χ0) is 27.7. The second-order valence-corrected chi connectivity index (χ2v) is 10.1. The molecule has 0 radical (unpaired) electrons. The Morgan fingerprint density at radius 2 is 1.47 bits per heavy atom. The number of halogens is 1. The molecule has 0 spiro atoms. The third-order valence-corrected chi connectivity index (χ3v) is 6.69. The summed E-state index contributed by atoms with van der Waals surface area (Å²) in [4.78, 5) is 39.8.